The van der Waals surface area contributed by atoms with Crippen LogP contribution >= 0.6 is 0 Å². The average molecular weight is 348 g/mol. The number of sulfonamides is 1. The van der Waals surface area contributed by atoms with Crippen LogP contribution in [0, 0.1) is 6.92 Å². The van der Waals surface area contributed by atoms with Crippen molar-refractivity contribution in [3.8, 4) is 5.75 Å². The van der Waals surface area contributed by atoms with Gasteiger partial charge in [-0.05, 0) is 44.2 Å². The van der Waals surface area contributed by atoms with Crippen molar-refractivity contribution >= 4 is 27.3 Å². The highest BCUT2D eigenvalue weighted by Crippen LogP contribution is 2.28. The SMILES string of the molecule is CCOc1ccc(S(=O)(=O)Nc2ccc(C)cc2)cc1NC(C)=O. The molecule has 0 spiro atoms. The monoisotopic (exact) mass is 348 g/mol. The number of nitrogens with one attached hydrogen (secondary N) is 2. The number of hydrogen-bond acceptors (Lipinski definition) is 4. The predicted molar refractivity (Wildman–Crippen MR) is 93.9 cm³/mol. The molecule has 6 nitrogen and oxygen atoms in total. The minimum atomic E-state index is -3.77. The molecule has 0 saturated heterocycles. The number of ether oxygens (including phenoxy) is 1. The van der Waals surface area contributed by atoms with E-state index < -0.39 is 10.0 Å². The fraction of sp³-hybridized carbons (Fsp3) is 0.235. The second kappa shape index (κ2) is 7.35. The first-order valence-electron chi connectivity index (χ1n) is 7.46. The third-order valence-corrected chi connectivity index (χ3v) is 4.55. The molecule has 128 valence electrons. The van der Waals surface area contributed by atoms with E-state index in [-0.39, 0.29) is 10.8 Å². The molecule has 0 unspecified atom stereocenters. The maximum Gasteiger partial charge on any atom is 0.261 e. The van der Waals surface area contributed by atoms with Gasteiger partial charge in [0.05, 0.1) is 17.2 Å². The van der Waals surface area contributed by atoms with Crippen molar-refractivity contribution in [2.24, 2.45) is 0 Å². The standard InChI is InChI=1S/C17H20N2O4S/c1-4-23-17-10-9-15(11-16(17)18-13(3)20)24(21,22)19-14-7-5-12(2)6-8-14/h5-11,19H,4H2,1-3H3,(H,18,20). The second-order valence-electron chi connectivity index (χ2n) is 5.24. The maximum atomic E-state index is 12.5. The highest BCUT2D eigenvalue weighted by atomic mass is 32.2. The Bertz CT molecular complexity index is 830. The molecule has 0 aromatic heterocycles. The van der Waals surface area contributed by atoms with Gasteiger partial charge in [0.1, 0.15) is 5.75 Å². The Balaban J connectivity index is 2.35. The van der Waals surface area contributed by atoms with Crippen LogP contribution < -0.4 is 14.8 Å². The van der Waals surface area contributed by atoms with Gasteiger partial charge in [0, 0.05) is 12.6 Å². The molecule has 0 aliphatic heterocycles. The van der Waals surface area contributed by atoms with E-state index in [0.29, 0.717) is 23.7 Å². The van der Waals surface area contributed by atoms with E-state index in [1.54, 1.807) is 19.1 Å². The molecule has 0 bridgehead atoms. The van der Waals surface area contributed by atoms with E-state index in [9.17, 15) is 13.2 Å². The second-order valence-corrected chi connectivity index (χ2v) is 6.93. The number of hydrogen-bond donors (Lipinski definition) is 2. The van der Waals surface area contributed by atoms with Crippen LogP contribution in [0.2, 0.25) is 0 Å². The highest BCUT2D eigenvalue weighted by Gasteiger charge is 2.17. The zero-order valence-electron chi connectivity index (χ0n) is 13.8. The summed E-state index contributed by atoms with van der Waals surface area (Å²) in [5, 5.41) is 2.59. The quantitative estimate of drug-likeness (QED) is 0.840. The summed E-state index contributed by atoms with van der Waals surface area (Å²) in [6, 6.07) is 11.4. The van der Waals surface area contributed by atoms with Crippen LogP contribution in [0.15, 0.2) is 47.4 Å². The normalized spacial score (nSPS) is 11.0. The summed E-state index contributed by atoms with van der Waals surface area (Å²) < 4.78 is 33.0. The summed E-state index contributed by atoms with van der Waals surface area (Å²) in [5.74, 6) is 0.110. The van der Waals surface area contributed by atoms with E-state index in [4.69, 9.17) is 4.74 Å². The van der Waals surface area contributed by atoms with Gasteiger partial charge in [-0.25, -0.2) is 8.42 Å². The fourth-order valence-corrected chi connectivity index (χ4v) is 3.17. The van der Waals surface area contributed by atoms with Crippen molar-refractivity contribution in [2.75, 3.05) is 16.6 Å². The molecule has 0 radical (unpaired) electrons. The number of anilines is 2. The van der Waals surface area contributed by atoms with Gasteiger partial charge in [0.25, 0.3) is 10.0 Å². The number of rotatable bonds is 6. The summed E-state index contributed by atoms with van der Waals surface area (Å²) in [6.45, 7) is 5.48. The van der Waals surface area contributed by atoms with Gasteiger partial charge in [0.2, 0.25) is 5.91 Å². The van der Waals surface area contributed by atoms with E-state index >= 15 is 0 Å². The highest BCUT2D eigenvalue weighted by molar-refractivity contribution is 7.92. The fourth-order valence-electron chi connectivity index (χ4n) is 2.08. The average Bonchev–Trinajstić information content (AvgIpc) is 2.50. The molecule has 2 N–H and O–H groups in total. The molecule has 0 heterocycles. The Hall–Kier alpha value is -2.54. The van der Waals surface area contributed by atoms with E-state index in [2.05, 4.69) is 10.0 Å². The summed E-state index contributed by atoms with van der Waals surface area (Å²) in [4.78, 5) is 11.4. The van der Waals surface area contributed by atoms with Gasteiger partial charge in [-0.1, -0.05) is 17.7 Å². The van der Waals surface area contributed by atoms with Crippen molar-refractivity contribution in [2.45, 2.75) is 25.7 Å². The van der Waals surface area contributed by atoms with Crippen molar-refractivity contribution < 1.29 is 17.9 Å². The first kappa shape index (κ1) is 17.8. The minimum Gasteiger partial charge on any atom is -0.492 e. The zero-order valence-corrected chi connectivity index (χ0v) is 14.6. The Morgan fingerprint density at radius 2 is 1.79 bits per heavy atom. The molecule has 7 heteroatoms. The number of benzene rings is 2. The van der Waals surface area contributed by atoms with Crippen LogP contribution in [0.5, 0.6) is 5.75 Å². The number of carbonyl (C=O) groups excluding carboxylic acids is 1. The topological polar surface area (TPSA) is 84.5 Å². The predicted octanol–water partition coefficient (Wildman–Crippen LogP) is 3.15. The van der Waals surface area contributed by atoms with E-state index in [0.717, 1.165) is 5.56 Å². The first-order chi connectivity index (χ1) is 11.3. The lowest BCUT2D eigenvalue weighted by Gasteiger charge is -2.13. The Labute approximate surface area is 141 Å². The lowest BCUT2D eigenvalue weighted by Crippen LogP contribution is -2.14. The lowest BCUT2D eigenvalue weighted by atomic mass is 10.2. The zero-order chi connectivity index (χ0) is 17.7. The molecule has 0 atom stereocenters. The molecular formula is C17H20N2O4S. The molecule has 2 aromatic rings. The van der Waals surface area contributed by atoms with Crippen LogP contribution in [0.1, 0.15) is 19.4 Å². The Kier molecular flexibility index (Phi) is 5.46. The molecule has 0 fully saturated rings. The Morgan fingerprint density at radius 1 is 1.12 bits per heavy atom. The molecule has 24 heavy (non-hydrogen) atoms. The van der Waals surface area contributed by atoms with Gasteiger partial charge in [0.15, 0.2) is 0 Å². The first-order valence-corrected chi connectivity index (χ1v) is 8.94. The molecule has 1 amide bonds. The molecule has 2 aromatic carbocycles. The Morgan fingerprint density at radius 3 is 2.38 bits per heavy atom. The molecular weight excluding hydrogens is 328 g/mol. The third-order valence-electron chi connectivity index (χ3n) is 3.18. The van der Waals surface area contributed by atoms with E-state index in [1.807, 2.05) is 19.1 Å². The summed E-state index contributed by atoms with van der Waals surface area (Å²) in [7, 11) is -3.77. The van der Waals surface area contributed by atoms with E-state index in [1.165, 1.54) is 25.1 Å². The van der Waals surface area contributed by atoms with Gasteiger partial charge in [-0.15, -0.1) is 0 Å². The summed E-state index contributed by atoms with van der Waals surface area (Å²) >= 11 is 0. The lowest BCUT2D eigenvalue weighted by molar-refractivity contribution is -0.114. The van der Waals surface area contributed by atoms with Gasteiger partial charge >= 0.3 is 0 Å². The molecule has 0 aliphatic carbocycles. The van der Waals surface area contributed by atoms with Crippen LogP contribution in [-0.4, -0.2) is 20.9 Å². The van der Waals surface area contributed by atoms with Crippen molar-refractivity contribution in [3.63, 3.8) is 0 Å². The van der Waals surface area contributed by atoms with Gasteiger partial charge in [-0.3, -0.25) is 9.52 Å². The number of aryl methyl sites for hydroxylation is 1. The molecule has 2 rings (SSSR count). The summed E-state index contributed by atoms with van der Waals surface area (Å²) in [5.41, 5.74) is 1.82. The van der Waals surface area contributed by atoms with Crippen LogP contribution in [0.25, 0.3) is 0 Å². The van der Waals surface area contributed by atoms with Crippen LogP contribution in [0.3, 0.4) is 0 Å². The third kappa shape index (κ3) is 4.48. The van der Waals surface area contributed by atoms with Crippen LogP contribution in [-0.2, 0) is 14.8 Å². The van der Waals surface area contributed by atoms with Crippen molar-refractivity contribution in [1.29, 1.82) is 0 Å². The number of carbonyl (C=O) groups is 1. The minimum absolute atomic E-state index is 0.0373. The van der Waals surface area contributed by atoms with Gasteiger partial charge < -0.3 is 10.1 Å². The maximum absolute atomic E-state index is 12.5. The van der Waals surface area contributed by atoms with Crippen LogP contribution in [0.4, 0.5) is 11.4 Å². The van der Waals surface area contributed by atoms with Crippen molar-refractivity contribution in [3.05, 3.63) is 48.0 Å². The smallest absolute Gasteiger partial charge is 0.261 e. The molecule has 0 aliphatic rings. The number of amides is 1. The largest absolute Gasteiger partial charge is 0.492 e. The van der Waals surface area contributed by atoms with Gasteiger partial charge in [-0.2, -0.15) is 0 Å². The van der Waals surface area contributed by atoms with Crippen molar-refractivity contribution in [1.82, 2.24) is 0 Å². The molecule has 0 saturated carbocycles. The summed E-state index contributed by atoms with van der Waals surface area (Å²) in [6.07, 6.45) is 0.